The van der Waals surface area contributed by atoms with Crippen molar-refractivity contribution in [1.29, 1.82) is 0 Å². The van der Waals surface area contributed by atoms with Crippen LogP contribution in [0, 0.1) is 0 Å². The quantitative estimate of drug-likeness (QED) is 0.771. The molecule has 1 fully saturated rings. The molecule has 1 N–H and O–H groups in total. The second-order valence-electron chi connectivity index (χ2n) is 4.51. The van der Waals surface area contributed by atoms with Crippen LogP contribution in [0.3, 0.4) is 0 Å². The van der Waals surface area contributed by atoms with Crippen LogP contribution in [0.15, 0.2) is 11.6 Å². The van der Waals surface area contributed by atoms with Gasteiger partial charge in [-0.05, 0) is 31.7 Å². The van der Waals surface area contributed by atoms with Crippen LogP contribution in [0.1, 0.15) is 19.8 Å². The summed E-state index contributed by atoms with van der Waals surface area (Å²) in [5.41, 5.74) is 0. The first kappa shape index (κ1) is 11.3. The lowest BCUT2D eigenvalue weighted by Gasteiger charge is -2.39. The third-order valence-electron chi connectivity index (χ3n) is 3.33. The predicted octanol–water partition coefficient (Wildman–Crippen LogP) is 1.31. The van der Waals surface area contributed by atoms with E-state index < -0.39 is 0 Å². The Hall–Kier alpha value is -0.190. The van der Waals surface area contributed by atoms with Crippen LogP contribution in [0.2, 0.25) is 0 Å². The average molecular weight is 228 g/mol. The van der Waals surface area contributed by atoms with Crippen LogP contribution >= 0.6 is 11.8 Å². The number of hydrogen-bond donors (Lipinski definition) is 1. The van der Waals surface area contributed by atoms with Crippen LogP contribution in [0.25, 0.3) is 0 Å². The highest BCUT2D eigenvalue weighted by molar-refractivity contribution is 8.02. The van der Waals surface area contributed by atoms with E-state index in [-0.39, 0.29) is 6.10 Å². The first-order valence-electron chi connectivity index (χ1n) is 5.64. The average Bonchev–Trinajstić information content (AvgIpc) is 2.63. The Balaban J connectivity index is 1.92. The van der Waals surface area contributed by atoms with E-state index in [1.165, 1.54) is 0 Å². The molecule has 0 aromatic rings. The highest BCUT2D eigenvalue weighted by Crippen LogP contribution is 2.29. The highest BCUT2D eigenvalue weighted by Gasteiger charge is 2.30. The number of hydrogen-bond acceptors (Lipinski definition) is 4. The monoisotopic (exact) mass is 228 g/mol. The number of rotatable bonds is 2. The molecule has 0 aromatic carbocycles. The van der Waals surface area contributed by atoms with Crippen molar-refractivity contribution in [3.05, 3.63) is 11.6 Å². The smallest absolute Gasteiger partial charge is 0.0935 e. The minimum Gasteiger partial charge on any atom is -0.392 e. The number of likely N-dealkylation sites (N-methyl/N-ethyl adjacent to an activating group) is 1. The lowest BCUT2D eigenvalue weighted by Crippen LogP contribution is -2.50. The number of nitrogens with zero attached hydrogens (tertiary/aromatic N) is 2. The molecule has 0 radical (unpaired) electrons. The third kappa shape index (κ3) is 2.49. The molecule has 0 saturated carbocycles. The Morgan fingerprint density at radius 2 is 2.33 bits per heavy atom. The number of β-amino-alcohol motifs (C(OH)–C–C–N with tert-alkyl or cyclic N) is 1. The van der Waals surface area contributed by atoms with E-state index in [9.17, 15) is 5.11 Å². The van der Waals surface area contributed by atoms with Crippen LogP contribution in [0.5, 0.6) is 0 Å². The summed E-state index contributed by atoms with van der Waals surface area (Å²) in [6.07, 6.45) is 4.10. The Morgan fingerprint density at radius 1 is 1.53 bits per heavy atom. The van der Waals surface area contributed by atoms with Gasteiger partial charge in [0.1, 0.15) is 0 Å². The van der Waals surface area contributed by atoms with Crippen molar-refractivity contribution in [2.75, 3.05) is 20.1 Å². The molecule has 0 amide bonds. The molecule has 4 heteroatoms. The second-order valence-corrected chi connectivity index (χ2v) is 5.54. The topological polar surface area (TPSA) is 26.7 Å². The molecule has 15 heavy (non-hydrogen) atoms. The molecule has 2 heterocycles. The second kappa shape index (κ2) is 4.76. The van der Waals surface area contributed by atoms with Gasteiger partial charge in [0.25, 0.3) is 0 Å². The van der Waals surface area contributed by atoms with Gasteiger partial charge in [0.05, 0.1) is 11.5 Å². The number of thioether (sulfide) groups is 1. The Morgan fingerprint density at radius 3 is 2.93 bits per heavy atom. The van der Waals surface area contributed by atoms with Gasteiger partial charge in [-0.15, -0.1) is 11.8 Å². The molecule has 3 atom stereocenters. The minimum atomic E-state index is -0.120. The van der Waals surface area contributed by atoms with Gasteiger partial charge in [0.15, 0.2) is 0 Å². The summed E-state index contributed by atoms with van der Waals surface area (Å²) < 4.78 is 0. The number of aliphatic hydroxyl groups excluding tert-OH is 1. The zero-order valence-electron chi connectivity index (χ0n) is 9.47. The van der Waals surface area contributed by atoms with E-state index >= 15 is 0 Å². The molecule has 2 aliphatic rings. The first-order valence-corrected chi connectivity index (χ1v) is 6.59. The summed E-state index contributed by atoms with van der Waals surface area (Å²) >= 11 is 1.88. The van der Waals surface area contributed by atoms with E-state index in [0.717, 1.165) is 25.9 Å². The SMILES string of the molecule is C[C@H]([C@H]1SC=CN1C)N1CCC[C@H](O)C1. The maximum Gasteiger partial charge on any atom is 0.0935 e. The molecular formula is C11H20N2OS. The van der Waals surface area contributed by atoms with Crippen molar-refractivity contribution < 1.29 is 5.11 Å². The van der Waals surface area contributed by atoms with Crippen LogP contribution in [0.4, 0.5) is 0 Å². The van der Waals surface area contributed by atoms with Gasteiger partial charge in [-0.25, -0.2) is 0 Å². The standard InChI is InChI=1S/C11H20N2OS/c1-9(11-12(2)6-7-15-11)13-5-3-4-10(14)8-13/h6-7,9-11,14H,3-5,8H2,1-2H3/t9-,10+,11-/m1/s1. The van der Waals surface area contributed by atoms with Crippen molar-refractivity contribution in [1.82, 2.24) is 9.80 Å². The van der Waals surface area contributed by atoms with E-state index in [4.69, 9.17) is 0 Å². The maximum atomic E-state index is 9.66. The summed E-state index contributed by atoms with van der Waals surface area (Å²) in [7, 11) is 2.12. The van der Waals surface area contributed by atoms with E-state index in [2.05, 4.69) is 35.4 Å². The van der Waals surface area contributed by atoms with Crippen molar-refractivity contribution in [2.45, 2.75) is 37.3 Å². The molecule has 2 rings (SSSR count). The van der Waals surface area contributed by atoms with Gasteiger partial charge in [-0.2, -0.15) is 0 Å². The van der Waals surface area contributed by atoms with E-state index in [1.54, 1.807) is 0 Å². The predicted molar refractivity (Wildman–Crippen MR) is 64.6 cm³/mol. The Bertz CT molecular complexity index is 247. The molecule has 86 valence electrons. The fourth-order valence-electron chi connectivity index (χ4n) is 2.38. The summed E-state index contributed by atoms with van der Waals surface area (Å²) in [6, 6.07) is 0.505. The summed E-state index contributed by atoms with van der Waals surface area (Å²) in [6.45, 7) is 4.23. The van der Waals surface area contributed by atoms with Crippen molar-refractivity contribution in [3.63, 3.8) is 0 Å². The Kier molecular flexibility index (Phi) is 3.59. The van der Waals surface area contributed by atoms with Gasteiger partial charge >= 0.3 is 0 Å². The van der Waals surface area contributed by atoms with Crippen molar-refractivity contribution in [2.24, 2.45) is 0 Å². The number of aliphatic hydroxyl groups is 1. The zero-order chi connectivity index (χ0) is 10.8. The van der Waals surface area contributed by atoms with E-state index in [1.807, 2.05) is 11.8 Å². The number of piperidine rings is 1. The zero-order valence-corrected chi connectivity index (χ0v) is 10.3. The normalized spacial score (nSPS) is 34.7. The molecule has 0 unspecified atom stereocenters. The summed E-state index contributed by atoms with van der Waals surface area (Å²) in [5.74, 6) is 0. The van der Waals surface area contributed by atoms with Gasteiger partial charge in [0, 0.05) is 25.8 Å². The molecule has 0 aromatic heterocycles. The molecule has 0 bridgehead atoms. The molecule has 3 nitrogen and oxygen atoms in total. The van der Waals surface area contributed by atoms with Crippen LogP contribution in [-0.4, -0.2) is 52.6 Å². The molecule has 0 aliphatic carbocycles. The largest absolute Gasteiger partial charge is 0.392 e. The molecular weight excluding hydrogens is 208 g/mol. The minimum absolute atomic E-state index is 0.120. The lowest BCUT2D eigenvalue weighted by atomic mass is 10.1. The Labute approximate surface area is 96.1 Å². The first-order chi connectivity index (χ1) is 7.18. The molecule has 2 aliphatic heterocycles. The fraction of sp³-hybridized carbons (Fsp3) is 0.818. The van der Waals surface area contributed by atoms with Crippen molar-refractivity contribution >= 4 is 11.8 Å². The number of likely N-dealkylation sites (tertiary alicyclic amines) is 1. The summed E-state index contributed by atoms with van der Waals surface area (Å²) in [4.78, 5) is 4.67. The van der Waals surface area contributed by atoms with Crippen LogP contribution < -0.4 is 0 Å². The molecule has 1 saturated heterocycles. The van der Waals surface area contributed by atoms with Crippen LogP contribution in [-0.2, 0) is 0 Å². The summed E-state index contributed by atoms with van der Waals surface area (Å²) in [5, 5.41) is 12.3. The lowest BCUT2D eigenvalue weighted by molar-refractivity contribution is 0.0421. The van der Waals surface area contributed by atoms with Gasteiger partial charge in [0.2, 0.25) is 0 Å². The van der Waals surface area contributed by atoms with Gasteiger partial charge < -0.3 is 10.0 Å². The van der Waals surface area contributed by atoms with Gasteiger partial charge in [-0.1, -0.05) is 0 Å². The molecule has 0 spiro atoms. The highest BCUT2D eigenvalue weighted by atomic mass is 32.2. The van der Waals surface area contributed by atoms with E-state index in [0.29, 0.717) is 11.4 Å². The maximum absolute atomic E-state index is 9.66. The fourth-order valence-corrected chi connectivity index (χ4v) is 3.47. The van der Waals surface area contributed by atoms with Crippen molar-refractivity contribution in [3.8, 4) is 0 Å². The third-order valence-corrected chi connectivity index (χ3v) is 4.62. The van der Waals surface area contributed by atoms with Gasteiger partial charge in [-0.3, -0.25) is 4.90 Å².